The van der Waals surface area contributed by atoms with Crippen LogP contribution in [-0.2, 0) is 4.74 Å². The average Bonchev–Trinajstić information content (AvgIpc) is 2.45. The average molecular weight is 129 g/mol. The minimum atomic E-state index is 0.972. The summed E-state index contributed by atoms with van der Waals surface area (Å²) in [6.45, 7) is 6.53. The Hall–Kier alpha value is -0.340. The van der Waals surface area contributed by atoms with Crippen LogP contribution in [0.5, 0.6) is 0 Å². The number of rotatable bonds is 2. The Labute approximate surface area is 57.1 Å². The highest BCUT2D eigenvalue weighted by atomic mass is 16.6. The van der Waals surface area contributed by atoms with Gasteiger partial charge in [0.15, 0.2) is 0 Å². The lowest BCUT2D eigenvalue weighted by molar-refractivity contribution is 0.457. The van der Waals surface area contributed by atoms with E-state index in [1.54, 1.807) is 0 Å². The number of hydrogen-bond acceptors (Lipinski definition) is 2. The molecule has 0 aromatic rings. The zero-order chi connectivity index (χ0) is 7.11. The summed E-state index contributed by atoms with van der Waals surface area (Å²) in [5.41, 5.74) is 0. The Morgan fingerprint density at radius 1 is 1.56 bits per heavy atom. The fourth-order valence-electron chi connectivity index (χ4n) is 0.258. The summed E-state index contributed by atoms with van der Waals surface area (Å²) in [6, 6.07) is 0. The summed E-state index contributed by atoms with van der Waals surface area (Å²) in [5.74, 6) is 0. The van der Waals surface area contributed by atoms with Gasteiger partial charge >= 0.3 is 0 Å². The van der Waals surface area contributed by atoms with E-state index in [9.17, 15) is 0 Å². The standard InChI is InChI=1S/C5H11N.C2H4O/c1-4-5-6(2)3;1-2-3-1/h4H,1,5H2,2-3H3;1-2H2. The van der Waals surface area contributed by atoms with Crippen LogP contribution in [0.25, 0.3) is 0 Å². The van der Waals surface area contributed by atoms with Gasteiger partial charge in [-0.1, -0.05) is 6.08 Å². The van der Waals surface area contributed by atoms with Crippen molar-refractivity contribution in [3.63, 3.8) is 0 Å². The molecule has 0 aliphatic carbocycles. The summed E-state index contributed by atoms with van der Waals surface area (Å²) in [6.07, 6.45) is 1.88. The molecule has 2 nitrogen and oxygen atoms in total. The first-order chi connectivity index (χ1) is 4.27. The smallest absolute Gasteiger partial charge is 0.0701 e. The summed E-state index contributed by atoms with van der Waals surface area (Å²) >= 11 is 0. The lowest BCUT2D eigenvalue weighted by Gasteiger charge is -2.01. The molecule has 1 fully saturated rings. The monoisotopic (exact) mass is 129 g/mol. The van der Waals surface area contributed by atoms with Gasteiger partial charge in [0, 0.05) is 6.54 Å². The van der Waals surface area contributed by atoms with Gasteiger partial charge in [-0.15, -0.1) is 6.58 Å². The van der Waals surface area contributed by atoms with Gasteiger partial charge in [0.2, 0.25) is 0 Å². The molecule has 54 valence electrons. The molecule has 0 radical (unpaired) electrons. The molecule has 1 saturated heterocycles. The normalized spacial score (nSPS) is 14.1. The highest BCUT2D eigenvalue weighted by Crippen LogP contribution is 1.84. The zero-order valence-corrected chi connectivity index (χ0v) is 6.26. The van der Waals surface area contributed by atoms with Crippen molar-refractivity contribution in [2.24, 2.45) is 0 Å². The Morgan fingerprint density at radius 3 is 2.00 bits per heavy atom. The molecule has 1 rings (SSSR count). The number of hydrogen-bond donors (Lipinski definition) is 0. The molecular weight excluding hydrogens is 114 g/mol. The van der Waals surface area contributed by atoms with E-state index in [2.05, 4.69) is 16.2 Å². The van der Waals surface area contributed by atoms with Crippen LogP contribution in [0, 0.1) is 0 Å². The lowest BCUT2D eigenvalue weighted by Crippen LogP contribution is -2.09. The number of ether oxygens (including phenoxy) is 1. The minimum Gasteiger partial charge on any atom is -0.377 e. The summed E-state index contributed by atoms with van der Waals surface area (Å²) in [7, 11) is 4.03. The van der Waals surface area contributed by atoms with E-state index in [0.29, 0.717) is 0 Å². The van der Waals surface area contributed by atoms with Crippen LogP contribution in [0.1, 0.15) is 0 Å². The Morgan fingerprint density at radius 2 is 2.00 bits per heavy atom. The largest absolute Gasteiger partial charge is 0.377 e. The third kappa shape index (κ3) is 18.3. The Kier molecular flexibility index (Phi) is 5.57. The first kappa shape index (κ1) is 8.66. The molecule has 9 heavy (non-hydrogen) atoms. The van der Waals surface area contributed by atoms with Crippen molar-refractivity contribution in [1.29, 1.82) is 0 Å². The van der Waals surface area contributed by atoms with E-state index >= 15 is 0 Å². The van der Waals surface area contributed by atoms with Crippen LogP contribution in [0.4, 0.5) is 0 Å². The van der Waals surface area contributed by atoms with Crippen LogP contribution < -0.4 is 0 Å². The van der Waals surface area contributed by atoms with Crippen molar-refractivity contribution < 1.29 is 4.74 Å². The van der Waals surface area contributed by atoms with Gasteiger partial charge in [0.1, 0.15) is 0 Å². The van der Waals surface area contributed by atoms with E-state index < -0.39 is 0 Å². The highest BCUT2D eigenvalue weighted by molar-refractivity contribution is 4.68. The van der Waals surface area contributed by atoms with E-state index in [0.717, 1.165) is 19.8 Å². The van der Waals surface area contributed by atoms with E-state index in [4.69, 9.17) is 0 Å². The number of epoxide rings is 1. The van der Waals surface area contributed by atoms with E-state index in [-0.39, 0.29) is 0 Å². The second-order valence-electron chi connectivity index (χ2n) is 2.16. The SMILES string of the molecule is C1CO1.C=CCN(C)C. The lowest BCUT2D eigenvalue weighted by atomic mass is 10.6. The van der Waals surface area contributed by atoms with Gasteiger partial charge in [-0.2, -0.15) is 0 Å². The third-order valence-corrected chi connectivity index (χ3v) is 0.698. The second kappa shape index (κ2) is 5.79. The van der Waals surface area contributed by atoms with Gasteiger partial charge < -0.3 is 9.64 Å². The van der Waals surface area contributed by atoms with Crippen LogP contribution in [-0.4, -0.2) is 38.8 Å². The van der Waals surface area contributed by atoms with Crippen LogP contribution in [0.2, 0.25) is 0 Å². The van der Waals surface area contributed by atoms with E-state index in [1.165, 1.54) is 0 Å². The maximum Gasteiger partial charge on any atom is 0.0701 e. The molecular formula is C7H15NO. The molecule has 0 aromatic carbocycles. The van der Waals surface area contributed by atoms with Crippen molar-refractivity contribution in [3.8, 4) is 0 Å². The Balaban J connectivity index is 0.000000173. The van der Waals surface area contributed by atoms with Gasteiger partial charge in [-0.05, 0) is 14.1 Å². The van der Waals surface area contributed by atoms with Crippen molar-refractivity contribution >= 4 is 0 Å². The molecule has 1 heterocycles. The molecule has 0 N–H and O–H groups in total. The number of likely N-dealkylation sites (N-methyl/N-ethyl adjacent to an activating group) is 1. The second-order valence-corrected chi connectivity index (χ2v) is 2.16. The number of nitrogens with zero attached hydrogens (tertiary/aromatic N) is 1. The van der Waals surface area contributed by atoms with Crippen LogP contribution in [0.15, 0.2) is 12.7 Å². The predicted molar refractivity (Wildman–Crippen MR) is 39.6 cm³/mol. The molecule has 2 heteroatoms. The molecule has 0 atom stereocenters. The maximum absolute atomic E-state index is 4.50. The summed E-state index contributed by atoms with van der Waals surface area (Å²) in [4.78, 5) is 2.06. The molecule has 0 amide bonds. The molecule has 1 aliphatic rings. The fraction of sp³-hybridized carbons (Fsp3) is 0.714. The van der Waals surface area contributed by atoms with E-state index in [1.807, 2.05) is 20.2 Å². The molecule has 0 aromatic heterocycles. The van der Waals surface area contributed by atoms with Crippen molar-refractivity contribution in [1.82, 2.24) is 4.90 Å². The fourth-order valence-corrected chi connectivity index (χ4v) is 0.258. The van der Waals surface area contributed by atoms with Gasteiger partial charge in [0.05, 0.1) is 13.2 Å². The highest BCUT2D eigenvalue weighted by Gasteiger charge is 1.94. The molecule has 0 saturated carbocycles. The van der Waals surface area contributed by atoms with Crippen molar-refractivity contribution in [2.45, 2.75) is 0 Å². The summed E-state index contributed by atoms with van der Waals surface area (Å²) in [5, 5.41) is 0. The topological polar surface area (TPSA) is 15.8 Å². The Bertz CT molecular complexity index is 66.6. The molecule has 0 bridgehead atoms. The van der Waals surface area contributed by atoms with Gasteiger partial charge in [-0.25, -0.2) is 0 Å². The van der Waals surface area contributed by atoms with Crippen LogP contribution in [0.3, 0.4) is 0 Å². The predicted octanol–water partition coefficient (Wildman–Crippen LogP) is 0.751. The quantitative estimate of drug-likeness (QED) is 0.404. The first-order valence-corrected chi connectivity index (χ1v) is 3.10. The van der Waals surface area contributed by atoms with Crippen molar-refractivity contribution in [3.05, 3.63) is 12.7 Å². The zero-order valence-electron chi connectivity index (χ0n) is 6.26. The first-order valence-electron chi connectivity index (χ1n) is 3.10. The summed E-state index contributed by atoms with van der Waals surface area (Å²) < 4.78 is 4.50. The van der Waals surface area contributed by atoms with Gasteiger partial charge in [-0.3, -0.25) is 0 Å². The van der Waals surface area contributed by atoms with Crippen molar-refractivity contribution in [2.75, 3.05) is 33.9 Å². The molecule has 0 spiro atoms. The van der Waals surface area contributed by atoms with Crippen LogP contribution >= 0.6 is 0 Å². The third-order valence-electron chi connectivity index (χ3n) is 0.698. The maximum atomic E-state index is 4.50. The molecule has 0 unspecified atom stereocenters. The molecule has 1 aliphatic heterocycles. The minimum absolute atomic E-state index is 0.972. The van der Waals surface area contributed by atoms with Gasteiger partial charge in [0.25, 0.3) is 0 Å².